The zero-order valence-corrected chi connectivity index (χ0v) is 20.6. The summed E-state index contributed by atoms with van der Waals surface area (Å²) in [7, 11) is 0. The van der Waals surface area contributed by atoms with Crippen LogP contribution in [0.2, 0.25) is 0 Å². The molecule has 34 heavy (non-hydrogen) atoms. The van der Waals surface area contributed by atoms with Crippen LogP contribution in [0.4, 0.5) is 5.82 Å². The van der Waals surface area contributed by atoms with E-state index in [9.17, 15) is 4.79 Å². The Morgan fingerprint density at radius 2 is 1.88 bits per heavy atom. The third-order valence-electron chi connectivity index (χ3n) is 6.02. The number of nitrogens with one attached hydrogen (secondary N) is 1. The fourth-order valence-electron chi connectivity index (χ4n) is 4.08. The van der Waals surface area contributed by atoms with Crippen molar-refractivity contribution in [2.45, 2.75) is 57.0 Å². The van der Waals surface area contributed by atoms with Crippen LogP contribution >= 0.6 is 11.8 Å². The van der Waals surface area contributed by atoms with E-state index >= 15 is 0 Å². The maximum absolute atomic E-state index is 13.4. The summed E-state index contributed by atoms with van der Waals surface area (Å²) in [4.78, 5) is 37.5. The average Bonchev–Trinajstić information content (AvgIpc) is 3.68. The molecule has 0 bridgehead atoms. The molecule has 174 valence electrons. The van der Waals surface area contributed by atoms with Crippen molar-refractivity contribution < 1.29 is 0 Å². The molecule has 1 saturated carbocycles. The molecule has 3 heterocycles. The molecule has 8 nitrogen and oxygen atoms in total. The zero-order chi connectivity index (χ0) is 23.8. The number of rotatable bonds is 7. The molecule has 4 aromatic rings. The Labute approximate surface area is 202 Å². The van der Waals surface area contributed by atoms with Gasteiger partial charge < -0.3 is 5.32 Å². The third-order valence-corrected chi connectivity index (χ3v) is 6.76. The molecule has 5 rings (SSSR count). The summed E-state index contributed by atoms with van der Waals surface area (Å²) < 4.78 is 1.68. The van der Waals surface area contributed by atoms with Crippen molar-refractivity contribution >= 4 is 28.7 Å². The van der Waals surface area contributed by atoms with E-state index < -0.39 is 0 Å². The molecule has 1 aliphatic carbocycles. The Balaban J connectivity index is 1.56. The van der Waals surface area contributed by atoms with Gasteiger partial charge in [-0.1, -0.05) is 12.1 Å². The first-order chi connectivity index (χ1) is 16.5. The second-order valence-corrected chi connectivity index (χ2v) is 9.71. The second kappa shape index (κ2) is 9.13. The number of hydrogen-bond donors (Lipinski definition) is 1. The smallest absolute Gasteiger partial charge is 0.295 e. The fraction of sp³-hybridized carbons (Fsp3) is 0.360. The van der Waals surface area contributed by atoms with E-state index in [1.54, 1.807) is 28.9 Å². The van der Waals surface area contributed by atoms with Gasteiger partial charge in [-0.05, 0) is 57.6 Å². The van der Waals surface area contributed by atoms with Crippen molar-refractivity contribution in [3.05, 3.63) is 64.1 Å². The molecule has 0 radical (unpaired) electrons. The number of benzene rings is 1. The first-order valence-electron chi connectivity index (χ1n) is 11.4. The van der Waals surface area contributed by atoms with Crippen LogP contribution in [-0.4, -0.2) is 35.7 Å². The van der Waals surface area contributed by atoms with E-state index in [1.807, 2.05) is 27.0 Å². The van der Waals surface area contributed by atoms with Crippen LogP contribution in [0, 0.1) is 6.92 Å². The Morgan fingerprint density at radius 1 is 1.12 bits per heavy atom. The standard InChI is InChI=1S/C25H27N7OS/c1-14(2)32-24-19(30-23(25(32)33)26-11-16-5-9-18(34-4)10-6-16)12-27-22(31-24)20-15(3)28-13-29-21(20)17-7-8-17/h5-6,9-10,12-14,17H,7-8,11H2,1-4H3,(H,26,30). The van der Waals surface area contributed by atoms with Crippen LogP contribution in [0.15, 0.2) is 46.5 Å². The van der Waals surface area contributed by atoms with Crippen molar-refractivity contribution in [1.82, 2.24) is 29.5 Å². The zero-order valence-electron chi connectivity index (χ0n) is 19.7. The van der Waals surface area contributed by atoms with Crippen molar-refractivity contribution in [3.63, 3.8) is 0 Å². The van der Waals surface area contributed by atoms with Gasteiger partial charge in [0.2, 0.25) is 0 Å². The number of aryl methyl sites for hydroxylation is 1. The van der Waals surface area contributed by atoms with Crippen LogP contribution in [0.3, 0.4) is 0 Å². The summed E-state index contributed by atoms with van der Waals surface area (Å²) >= 11 is 1.70. The number of thioether (sulfide) groups is 1. The van der Waals surface area contributed by atoms with Crippen molar-refractivity contribution in [3.8, 4) is 11.4 Å². The van der Waals surface area contributed by atoms with Gasteiger partial charge in [0.15, 0.2) is 17.3 Å². The number of nitrogens with zero attached hydrogens (tertiary/aromatic N) is 6. The Kier molecular flexibility index (Phi) is 6.03. The van der Waals surface area contributed by atoms with Gasteiger partial charge in [-0.2, -0.15) is 0 Å². The highest BCUT2D eigenvalue weighted by atomic mass is 32.2. The molecule has 0 atom stereocenters. The molecule has 0 aliphatic heterocycles. The molecule has 1 aromatic carbocycles. The topological polar surface area (TPSA) is 98.5 Å². The lowest BCUT2D eigenvalue weighted by Gasteiger charge is -2.16. The van der Waals surface area contributed by atoms with Crippen LogP contribution < -0.4 is 10.9 Å². The largest absolute Gasteiger partial charge is 0.361 e. The lowest BCUT2D eigenvalue weighted by Crippen LogP contribution is -2.27. The van der Waals surface area contributed by atoms with E-state index in [0.29, 0.717) is 35.3 Å². The molecule has 3 aromatic heterocycles. The maximum atomic E-state index is 13.4. The summed E-state index contributed by atoms with van der Waals surface area (Å²) in [5.41, 5.74) is 4.66. The molecule has 0 amide bonds. The quantitative estimate of drug-likeness (QED) is 0.384. The summed E-state index contributed by atoms with van der Waals surface area (Å²) in [6.07, 6.45) is 7.57. The minimum absolute atomic E-state index is 0.0989. The Bertz CT molecular complexity index is 1410. The van der Waals surface area contributed by atoms with Crippen LogP contribution in [0.5, 0.6) is 0 Å². The van der Waals surface area contributed by atoms with Gasteiger partial charge in [0, 0.05) is 23.4 Å². The van der Waals surface area contributed by atoms with E-state index in [1.165, 1.54) is 4.90 Å². The molecule has 0 saturated heterocycles. The monoisotopic (exact) mass is 473 g/mol. The number of anilines is 1. The number of fused-ring (bicyclic) bond motifs is 1. The number of hydrogen-bond acceptors (Lipinski definition) is 8. The molecular formula is C25H27N7OS. The number of aromatic nitrogens is 6. The summed E-state index contributed by atoms with van der Waals surface area (Å²) in [5.74, 6) is 1.26. The SMILES string of the molecule is CSc1ccc(CNc2nc3cnc(-c4c(C)ncnc4C4CC4)nc3n(C(C)C)c2=O)cc1. The summed E-state index contributed by atoms with van der Waals surface area (Å²) in [6.45, 7) is 6.40. The van der Waals surface area contributed by atoms with Crippen molar-refractivity contribution in [1.29, 1.82) is 0 Å². The van der Waals surface area contributed by atoms with Gasteiger partial charge in [0.1, 0.15) is 11.8 Å². The Morgan fingerprint density at radius 3 is 2.56 bits per heavy atom. The Hall–Kier alpha value is -3.33. The van der Waals surface area contributed by atoms with Crippen LogP contribution in [0.25, 0.3) is 22.6 Å². The summed E-state index contributed by atoms with van der Waals surface area (Å²) in [6, 6.07) is 8.15. The fourth-order valence-corrected chi connectivity index (χ4v) is 4.49. The molecule has 0 spiro atoms. The third kappa shape index (κ3) is 4.27. The van der Waals surface area contributed by atoms with Gasteiger partial charge in [0.05, 0.1) is 23.1 Å². The minimum atomic E-state index is -0.198. The average molecular weight is 474 g/mol. The van der Waals surface area contributed by atoms with Gasteiger partial charge in [-0.3, -0.25) is 9.36 Å². The molecule has 1 N–H and O–H groups in total. The van der Waals surface area contributed by atoms with Crippen LogP contribution in [-0.2, 0) is 6.54 Å². The van der Waals surface area contributed by atoms with E-state index in [2.05, 4.69) is 49.5 Å². The lowest BCUT2D eigenvalue weighted by atomic mass is 10.1. The van der Waals surface area contributed by atoms with Gasteiger partial charge in [-0.25, -0.2) is 24.9 Å². The second-order valence-electron chi connectivity index (χ2n) is 8.83. The lowest BCUT2D eigenvalue weighted by molar-refractivity contribution is 0.593. The first-order valence-corrected chi connectivity index (χ1v) is 12.7. The van der Waals surface area contributed by atoms with Crippen LogP contribution in [0.1, 0.15) is 55.6 Å². The van der Waals surface area contributed by atoms with E-state index in [-0.39, 0.29) is 11.6 Å². The van der Waals surface area contributed by atoms with Gasteiger partial charge in [0.25, 0.3) is 5.56 Å². The van der Waals surface area contributed by atoms with E-state index in [4.69, 9.17) is 4.98 Å². The highest BCUT2D eigenvalue weighted by molar-refractivity contribution is 7.98. The molecule has 9 heteroatoms. The minimum Gasteiger partial charge on any atom is -0.361 e. The molecule has 1 fully saturated rings. The highest BCUT2D eigenvalue weighted by Crippen LogP contribution is 2.43. The van der Waals surface area contributed by atoms with E-state index in [0.717, 1.165) is 35.4 Å². The first kappa shape index (κ1) is 22.5. The van der Waals surface area contributed by atoms with Crippen molar-refractivity contribution in [2.75, 3.05) is 11.6 Å². The predicted octanol–water partition coefficient (Wildman–Crippen LogP) is 4.74. The maximum Gasteiger partial charge on any atom is 0.295 e. The normalized spacial score (nSPS) is 13.6. The molecular weight excluding hydrogens is 446 g/mol. The molecule has 1 aliphatic rings. The predicted molar refractivity (Wildman–Crippen MR) is 135 cm³/mol. The summed E-state index contributed by atoms with van der Waals surface area (Å²) in [5, 5.41) is 3.22. The van der Waals surface area contributed by atoms with Crippen molar-refractivity contribution in [2.24, 2.45) is 0 Å². The highest BCUT2D eigenvalue weighted by Gasteiger charge is 2.30. The van der Waals surface area contributed by atoms with Gasteiger partial charge >= 0.3 is 0 Å². The molecule has 0 unspecified atom stereocenters. The van der Waals surface area contributed by atoms with Gasteiger partial charge in [-0.15, -0.1) is 11.8 Å².